The largest absolute Gasteiger partial charge is 0.352 e. The lowest BCUT2D eigenvalue weighted by molar-refractivity contribution is -0.126. The normalized spacial score (nSPS) is 15.6. The van der Waals surface area contributed by atoms with E-state index in [4.69, 9.17) is 0 Å². The average Bonchev–Trinajstić information content (AvgIpc) is 3.24. The predicted molar refractivity (Wildman–Crippen MR) is 122 cm³/mol. The van der Waals surface area contributed by atoms with E-state index in [9.17, 15) is 17.6 Å². The van der Waals surface area contributed by atoms with Crippen molar-refractivity contribution in [2.75, 3.05) is 13.1 Å². The number of piperidine rings is 1. The van der Waals surface area contributed by atoms with Crippen molar-refractivity contribution in [1.29, 1.82) is 0 Å². The Morgan fingerprint density at radius 2 is 1.78 bits per heavy atom. The first kappa shape index (κ1) is 22.6. The van der Waals surface area contributed by atoms with Gasteiger partial charge in [0.25, 0.3) is 0 Å². The summed E-state index contributed by atoms with van der Waals surface area (Å²) in [5, 5.41) is 6.01. The number of hydrogen-bond donors (Lipinski definition) is 1. The fourth-order valence-electron chi connectivity index (χ4n) is 3.74. The molecule has 168 valence electrons. The number of aromatic nitrogens is 1. The number of amides is 1. The van der Waals surface area contributed by atoms with Crippen molar-refractivity contribution in [3.05, 3.63) is 70.3 Å². The summed E-state index contributed by atoms with van der Waals surface area (Å²) < 4.78 is 39.9. The van der Waals surface area contributed by atoms with Crippen LogP contribution in [-0.2, 0) is 21.4 Å². The van der Waals surface area contributed by atoms with Crippen LogP contribution in [0.4, 0.5) is 4.39 Å². The minimum Gasteiger partial charge on any atom is -0.352 e. The van der Waals surface area contributed by atoms with Crippen LogP contribution in [0.15, 0.2) is 58.8 Å². The highest BCUT2D eigenvalue weighted by molar-refractivity contribution is 7.89. The van der Waals surface area contributed by atoms with Crippen LogP contribution >= 0.6 is 11.3 Å². The molecule has 32 heavy (non-hydrogen) atoms. The molecule has 1 N–H and O–H groups in total. The maximum absolute atomic E-state index is 13.1. The first-order chi connectivity index (χ1) is 15.3. The van der Waals surface area contributed by atoms with Gasteiger partial charge in [0.15, 0.2) is 0 Å². The zero-order valence-electron chi connectivity index (χ0n) is 17.6. The molecule has 6 nitrogen and oxygen atoms in total. The number of nitrogens with one attached hydrogen (secondary N) is 1. The summed E-state index contributed by atoms with van der Waals surface area (Å²) in [5.41, 5.74) is 2.98. The van der Waals surface area contributed by atoms with Crippen LogP contribution in [0, 0.1) is 18.7 Å². The van der Waals surface area contributed by atoms with E-state index in [1.807, 2.05) is 36.6 Å². The summed E-state index contributed by atoms with van der Waals surface area (Å²) in [6.45, 7) is 2.92. The number of benzene rings is 2. The van der Waals surface area contributed by atoms with Crippen molar-refractivity contribution < 1.29 is 17.6 Å². The number of carbonyl (C=O) groups excluding carboxylic acids is 1. The van der Waals surface area contributed by atoms with Gasteiger partial charge in [-0.15, -0.1) is 11.3 Å². The molecule has 0 saturated carbocycles. The molecule has 2 heterocycles. The first-order valence-electron chi connectivity index (χ1n) is 10.4. The van der Waals surface area contributed by atoms with Gasteiger partial charge in [0.05, 0.1) is 15.6 Å². The van der Waals surface area contributed by atoms with Gasteiger partial charge in [0, 0.05) is 36.5 Å². The van der Waals surface area contributed by atoms with Gasteiger partial charge in [-0.25, -0.2) is 17.8 Å². The fourth-order valence-corrected chi connectivity index (χ4v) is 5.83. The smallest absolute Gasteiger partial charge is 0.243 e. The maximum atomic E-state index is 13.1. The van der Waals surface area contributed by atoms with Crippen LogP contribution in [0.3, 0.4) is 0 Å². The van der Waals surface area contributed by atoms with Crippen LogP contribution in [0.5, 0.6) is 0 Å². The van der Waals surface area contributed by atoms with Gasteiger partial charge in [0.1, 0.15) is 5.82 Å². The Morgan fingerprint density at radius 3 is 2.38 bits per heavy atom. The van der Waals surface area contributed by atoms with Crippen molar-refractivity contribution in [2.45, 2.75) is 31.2 Å². The third-order valence-corrected chi connectivity index (χ3v) is 8.30. The number of sulfonamides is 1. The van der Waals surface area contributed by atoms with Gasteiger partial charge in [0.2, 0.25) is 15.9 Å². The molecule has 4 rings (SSSR count). The second kappa shape index (κ2) is 9.48. The third-order valence-electron chi connectivity index (χ3n) is 5.61. The molecule has 1 aliphatic heterocycles. The molecule has 1 fully saturated rings. The van der Waals surface area contributed by atoms with E-state index < -0.39 is 15.8 Å². The highest BCUT2D eigenvalue weighted by Gasteiger charge is 2.32. The number of rotatable bonds is 6. The Labute approximate surface area is 191 Å². The monoisotopic (exact) mass is 473 g/mol. The molecule has 1 saturated heterocycles. The van der Waals surface area contributed by atoms with E-state index in [0.29, 0.717) is 19.4 Å². The van der Waals surface area contributed by atoms with Crippen molar-refractivity contribution in [3.63, 3.8) is 0 Å². The second-order valence-corrected chi connectivity index (χ2v) is 10.8. The third kappa shape index (κ3) is 5.06. The lowest BCUT2D eigenvalue weighted by Gasteiger charge is -2.30. The Balaban J connectivity index is 1.29. The van der Waals surface area contributed by atoms with Gasteiger partial charge >= 0.3 is 0 Å². The lowest BCUT2D eigenvalue weighted by Crippen LogP contribution is -2.42. The standard InChI is InChI=1S/C23H24FN3O3S2/c1-16-26-22(15-31-16)18-4-2-17(3-5-18)14-25-23(28)19-10-12-27(13-11-19)32(29,30)21-8-6-20(24)7-9-21/h2-9,15,19H,10-14H2,1H3,(H,25,28). The summed E-state index contributed by atoms with van der Waals surface area (Å²) in [4.78, 5) is 17.1. The number of hydrogen-bond acceptors (Lipinski definition) is 5. The molecule has 0 radical (unpaired) electrons. The molecule has 1 aromatic heterocycles. The van der Waals surface area contributed by atoms with E-state index >= 15 is 0 Å². The average molecular weight is 474 g/mol. The highest BCUT2D eigenvalue weighted by Crippen LogP contribution is 2.25. The van der Waals surface area contributed by atoms with Crippen molar-refractivity contribution >= 4 is 27.3 Å². The summed E-state index contributed by atoms with van der Waals surface area (Å²) in [6, 6.07) is 12.7. The van der Waals surface area contributed by atoms with Crippen molar-refractivity contribution in [2.24, 2.45) is 5.92 Å². The van der Waals surface area contributed by atoms with Crippen LogP contribution in [-0.4, -0.2) is 36.7 Å². The molecule has 9 heteroatoms. The zero-order valence-corrected chi connectivity index (χ0v) is 19.3. The predicted octanol–water partition coefficient (Wildman–Crippen LogP) is 3.97. The van der Waals surface area contributed by atoms with E-state index in [0.717, 1.165) is 34.0 Å². The SMILES string of the molecule is Cc1nc(-c2ccc(CNC(=O)C3CCN(S(=O)(=O)c4ccc(F)cc4)CC3)cc2)cs1. The minimum absolute atomic E-state index is 0.0666. The van der Waals surface area contributed by atoms with Gasteiger partial charge in [-0.1, -0.05) is 24.3 Å². The van der Waals surface area contributed by atoms with Crippen LogP contribution < -0.4 is 5.32 Å². The summed E-state index contributed by atoms with van der Waals surface area (Å²) in [6.07, 6.45) is 0.906. The molecule has 2 aromatic carbocycles. The second-order valence-electron chi connectivity index (χ2n) is 7.80. The first-order valence-corrected chi connectivity index (χ1v) is 12.7. The van der Waals surface area contributed by atoms with Gasteiger partial charge in [-0.2, -0.15) is 4.31 Å². The molecule has 1 amide bonds. The summed E-state index contributed by atoms with van der Waals surface area (Å²) >= 11 is 1.61. The van der Waals surface area contributed by atoms with Crippen molar-refractivity contribution in [3.8, 4) is 11.3 Å². The zero-order chi connectivity index (χ0) is 22.7. The molecular weight excluding hydrogens is 449 g/mol. The Morgan fingerprint density at radius 1 is 1.12 bits per heavy atom. The number of halogens is 1. The molecule has 0 aliphatic carbocycles. The molecule has 3 aromatic rings. The van der Waals surface area contributed by atoms with Gasteiger partial charge < -0.3 is 5.32 Å². The summed E-state index contributed by atoms with van der Waals surface area (Å²) in [5.74, 6) is -0.776. The quantitative estimate of drug-likeness (QED) is 0.588. The van der Waals surface area contributed by atoms with Crippen LogP contribution in [0.1, 0.15) is 23.4 Å². The van der Waals surface area contributed by atoms with E-state index in [1.165, 1.54) is 16.4 Å². The molecule has 0 bridgehead atoms. The van der Waals surface area contributed by atoms with E-state index in [2.05, 4.69) is 10.3 Å². The fraction of sp³-hybridized carbons (Fsp3) is 0.304. The molecule has 0 unspecified atom stereocenters. The van der Waals surface area contributed by atoms with Gasteiger partial charge in [-0.3, -0.25) is 4.79 Å². The van der Waals surface area contributed by atoms with E-state index in [-0.39, 0.29) is 29.8 Å². The summed E-state index contributed by atoms with van der Waals surface area (Å²) in [7, 11) is -3.68. The number of carbonyl (C=O) groups is 1. The topological polar surface area (TPSA) is 79.4 Å². The van der Waals surface area contributed by atoms with Gasteiger partial charge in [-0.05, 0) is 49.6 Å². The molecule has 0 atom stereocenters. The number of aryl methyl sites for hydroxylation is 1. The molecule has 1 aliphatic rings. The number of thiazole rings is 1. The Bertz CT molecular complexity index is 1180. The Hall–Kier alpha value is -2.62. The number of nitrogens with zero attached hydrogens (tertiary/aromatic N) is 2. The molecular formula is C23H24FN3O3S2. The van der Waals surface area contributed by atoms with E-state index in [1.54, 1.807) is 11.3 Å². The lowest BCUT2D eigenvalue weighted by atomic mass is 9.97. The minimum atomic E-state index is -3.68. The maximum Gasteiger partial charge on any atom is 0.243 e. The molecule has 0 spiro atoms. The van der Waals surface area contributed by atoms with Crippen LogP contribution in [0.25, 0.3) is 11.3 Å². The Kier molecular flexibility index (Phi) is 6.68. The van der Waals surface area contributed by atoms with Crippen molar-refractivity contribution in [1.82, 2.24) is 14.6 Å². The van der Waals surface area contributed by atoms with Crippen LogP contribution in [0.2, 0.25) is 0 Å². The highest BCUT2D eigenvalue weighted by atomic mass is 32.2.